The highest BCUT2D eigenvalue weighted by Crippen LogP contribution is 2.41. The first-order valence-corrected chi connectivity index (χ1v) is 7.13. The minimum absolute atomic E-state index is 0.705. The summed E-state index contributed by atoms with van der Waals surface area (Å²) in [5.74, 6) is 0. The van der Waals surface area contributed by atoms with E-state index in [4.69, 9.17) is 0 Å². The average Bonchev–Trinajstić information content (AvgIpc) is 2.77. The first kappa shape index (κ1) is 11.6. The SMILES string of the molecule is O=Cc1ccc(-c2sc3ccccc3c2Br)cc1. The van der Waals surface area contributed by atoms with Gasteiger partial charge in [0.05, 0.1) is 0 Å². The van der Waals surface area contributed by atoms with Crippen LogP contribution in [0.3, 0.4) is 0 Å². The van der Waals surface area contributed by atoms with Gasteiger partial charge in [0.1, 0.15) is 6.29 Å². The van der Waals surface area contributed by atoms with E-state index in [-0.39, 0.29) is 0 Å². The summed E-state index contributed by atoms with van der Waals surface area (Å²) in [5.41, 5.74) is 1.84. The number of halogens is 1. The van der Waals surface area contributed by atoms with Gasteiger partial charge in [-0.1, -0.05) is 42.5 Å². The predicted octanol–water partition coefficient (Wildman–Crippen LogP) is 5.14. The van der Waals surface area contributed by atoms with Gasteiger partial charge in [-0.2, -0.15) is 0 Å². The van der Waals surface area contributed by atoms with Crippen LogP contribution in [0.2, 0.25) is 0 Å². The van der Waals surface area contributed by atoms with Crippen molar-refractivity contribution in [2.24, 2.45) is 0 Å². The molecule has 3 heteroatoms. The Labute approximate surface area is 117 Å². The molecule has 0 saturated heterocycles. The molecule has 0 bridgehead atoms. The second-order valence-electron chi connectivity index (χ2n) is 3.98. The van der Waals surface area contributed by atoms with Crippen LogP contribution in [0, 0.1) is 0 Å². The lowest BCUT2D eigenvalue weighted by Crippen LogP contribution is -1.79. The van der Waals surface area contributed by atoms with Crippen LogP contribution in [0.5, 0.6) is 0 Å². The van der Waals surface area contributed by atoms with Crippen molar-refractivity contribution in [1.29, 1.82) is 0 Å². The summed E-state index contributed by atoms with van der Waals surface area (Å²) < 4.78 is 2.39. The van der Waals surface area contributed by atoms with Crippen molar-refractivity contribution in [2.45, 2.75) is 0 Å². The Bertz CT molecular complexity index is 713. The monoisotopic (exact) mass is 316 g/mol. The molecule has 0 N–H and O–H groups in total. The van der Waals surface area contributed by atoms with E-state index in [0.29, 0.717) is 5.56 Å². The van der Waals surface area contributed by atoms with Crippen LogP contribution in [-0.4, -0.2) is 6.29 Å². The van der Waals surface area contributed by atoms with Gasteiger partial charge in [-0.05, 0) is 27.6 Å². The van der Waals surface area contributed by atoms with Crippen LogP contribution in [-0.2, 0) is 0 Å². The zero-order valence-corrected chi connectivity index (χ0v) is 11.8. The molecule has 0 aliphatic carbocycles. The summed E-state index contributed by atoms with van der Waals surface area (Å²) in [4.78, 5) is 11.9. The van der Waals surface area contributed by atoms with Gasteiger partial charge in [0.15, 0.2) is 0 Å². The van der Waals surface area contributed by atoms with Crippen LogP contribution in [0.15, 0.2) is 53.0 Å². The summed E-state index contributed by atoms with van der Waals surface area (Å²) in [5, 5.41) is 1.23. The lowest BCUT2D eigenvalue weighted by atomic mass is 10.1. The van der Waals surface area contributed by atoms with Gasteiger partial charge in [-0.25, -0.2) is 0 Å². The third-order valence-corrected chi connectivity index (χ3v) is 5.15. The van der Waals surface area contributed by atoms with E-state index in [9.17, 15) is 4.79 Å². The molecule has 3 aromatic rings. The average molecular weight is 317 g/mol. The van der Waals surface area contributed by atoms with Crippen LogP contribution in [0.4, 0.5) is 0 Å². The number of carbonyl (C=O) groups excluding carboxylic acids is 1. The Kier molecular flexibility index (Phi) is 3.02. The maximum absolute atomic E-state index is 10.7. The lowest BCUT2D eigenvalue weighted by Gasteiger charge is -1.99. The van der Waals surface area contributed by atoms with Crippen molar-refractivity contribution in [1.82, 2.24) is 0 Å². The standard InChI is InChI=1S/C15H9BrOS/c16-14-12-3-1-2-4-13(12)18-15(14)11-7-5-10(9-17)6-8-11/h1-9H. The van der Waals surface area contributed by atoms with E-state index in [1.165, 1.54) is 15.0 Å². The van der Waals surface area contributed by atoms with Crippen molar-refractivity contribution in [2.75, 3.05) is 0 Å². The number of thiophene rings is 1. The van der Waals surface area contributed by atoms with E-state index in [0.717, 1.165) is 16.3 Å². The zero-order chi connectivity index (χ0) is 12.5. The summed E-state index contributed by atoms with van der Waals surface area (Å²) in [6.45, 7) is 0. The maximum atomic E-state index is 10.7. The molecule has 0 aliphatic heterocycles. The molecule has 2 aromatic carbocycles. The highest BCUT2D eigenvalue weighted by molar-refractivity contribution is 9.10. The summed E-state index contributed by atoms with van der Waals surface area (Å²) in [7, 11) is 0. The van der Waals surface area contributed by atoms with Gasteiger partial charge in [-0.15, -0.1) is 11.3 Å². The fraction of sp³-hybridized carbons (Fsp3) is 0. The van der Waals surface area contributed by atoms with Gasteiger partial charge in [0.2, 0.25) is 0 Å². The molecule has 18 heavy (non-hydrogen) atoms. The molecule has 0 spiro atoms. The Hall–Kier alpha value is -1.45. The van der Waals surface area contributed by atoms with Crippen molar-refractivity contribution >= 4 is 43.6 Å². The Balaban J connectivity index is 2.18. The van der Waals surface area contributed by atoms with Crippen LogP contribution >= 0.6 is 27.3 Å². The molecule has 1 nitrogen and oxygen atoms in total. The second-order valence-corrected chi connectivity index (χ2v) is 5.83. The van der Waals surface area contributed by atoms with E-state index in [1.54, 1.807) is 11.3 Å². The quantitative estimate of drug-likeness (QED) is 0.598. The van der Waals surface area contributed by atoms with Crippen molar-refractivity contribution in [3.63, 3.8) is 0 Å². The molecular weight excluding hydrogens is 308 g/mol. The highest BCUT2D eigenvalue weighted by Gasteiger charge is 2.10. The van der Waals surface area contributed by atoms with E-state index >= 15 is 0 Å². The van der Waals surface area contributed by atoms with E-state index < -0.39 is 0 Å². The number of carbonyl (C=O) groups is 1. The van der Waals surface area contributed by atoms with Gasteiger partial charge in [-0.3, -0.25) is 4.79 Å². The minimum atomic E-state index is 0.705. The van der Waals surface area contributed by atoms with Crippen LogP contribution < -0.4 is 0 Å². The number of aldehydes is 1. The molecule has 0 aliphatic rings. The van der Waals surface area contributed by atoms with Crippen LogP contribution in [0.25, 0.3) is 20.5 Å². The molecule has 1 heterocycles. The molecule has 0 amide bonds. The summed E-state index contributed by atoms with van der Waals surface area (Å²) in [6.07, 6.45) is 0.865. The number of rotatable bonds is 2. The molecule has 0 atom stereocenters. The highest BCUT2D eigenvalue weighted by atomic mass is 79.9. The molecule has 0 unspecified atom stereocenters. The molecular formula is C15H9BrOS. The van der Waals surface area contributed by atoms with E-state index in [1.807, 2.05) is 36.4 Å². The molecule has 0 saturated carbocycles. The van der Waals surface area contributed by atoms with Gasteiger partial charge in [0, 0.05) is 25.0 Å². The smallest absolute Gasteiger partial charge is 0.150 e. The topological polar surface area (TPSA) is 17.1 Å². The lowest BCUT2D eigenvalue weighted by molar-refractivity contribution is 0.112. The fourth-order valence-corrected chi connectivity index (χ4v) is 3.96. The third kappa shape index (κ3) is 1.89. The fourth-order valence-electron chi connectivity index (χ4n) is 1.91. The first-order valence-electron chi connectivity index (χ1n) is 5.52. The Morgan fingerprint density at radius 3 is 2.39 bits per heavy atom. The minimum Gasteiger partial charge on any atom is -0.298 e. The molecule has 88 valence electrons. The third-order valence-electron chi connectivity index (χ3n) is 2.84. The number of benzene rings is 2. The number of hydrogen-bond acceptors (Lipinski definition) is 2. The van der Waals surface area contributed by atoms with Gasteiger partial charge >= 0.3 is 0 Å². The Morgan fingerprint density at radius 2 is 1.72 bits per heavy atom. The van der Waals surface area contributed by atoms with Crippen molar-refractivity contribution < 1.29 is 4.79 Å². The van der Waals surface area contributed by atoms with Crippen molar-refractivity contribution in [3.05, 3.63) is 58.6 Å². The molecule has 0 fully saturated rings. The normalized spacial score (nSPS) is 10.7. The first-order chi connectivity index (χ1) is 8.79. The molecule has 1 aromatic heterocycles. The number of fused-ring (bicyclic) bond motifs is 1. The van der Waals surface area contributed by atoms with E-state index in [2.05, 4.69) is 28.1 Å². The maximum Gasteiger partial charge on any atom is 0.150 e. The van der Waals surface area contributed by atoms with Gasteiger partial charge in [0.25, 0.3) is 0 Å². The van der Waals surface area contributed by atoms with Crippen LogP contribution in [0.1, 0.15) is 10.4 Å². The molecule has 3 rings (SSSR count). The van der Waals surface area contributed by atoms with Gasteiger partial charge < -0.3 is 0 Å². The van der Waals surface area contributed by atoms with Crippen molar-refractivity contribution in [3.8, 4) is 10.4 Å². The second kappa shape index (κ2) is 4.67. The summed E-state index contributed by atoms with van der Waals surface area (Å²) in [6, 6.07) is 16.0. The molecule has 0 radical (unpaired) electrons. The zero-order valence-electron chi connectivity index (χ0n) is 9.39. The largest absolute Gasteiger partial charge is 0.298 e. The Morgan fingerprint density at radius 1 is 1.00 bits per heavy atom. The number of hydrogen-bond donors (Lipinski definition) is 0. The summed E-state index contributed by atoms with van der Waals surface area (Å²) >= 11 is 5.42. The predicted molar refractivity (Wildman–Crippen MR) is 80.3 cm³/mol.